The molecule has 0 spiro atoms. The van der Waals surface area contributed by atoms with Gasteiger partial charge < -0.3 is 5.32 Å². The van der Waals surface area contributed by atoms with E-state index in [4.69, 9.17) is 0 Å². The zero-order valence-electron chi connectivity index (χ0n) is 11.5. The summed E-state index contributed by atoms with van der Waals surface area (Å²) in [6, 6.07) is 9.47. The monoisotopic (exact) mass is 294 g/mol. The van der Waals surface area contributed by atoms with Crippen LogP contribution in [0.15, 0.2) is 41.6 Å². The number of aromatic amines is 1. The fourth-order valence-corrected chi connectivity index (χ4v) is 3.18. The minimum Gasteiger partial charge on any atom is -0.316 e. The molecule has 108 valence electrons. The third kappa shape index (κ3) is 3.06. The number of nitrogens with one attached hydrogen (secondary N) is 2. The Hall–Kier alpha value is -1.70. The molecule has 1 heterocycles. The second kappa shape index (κ2) is 6.17. The Bertz CT molecular complexity index is 652. The average Bonchev–Trinajstić information content (AvgIpc) is 2.89. The van der Waals surface area contributed by atoms with Crippen molar-refractivity contribution in [3.63, 3.8) is 0 Å². The van der Waals surface area contributed by atoms with Gasteiger partial charge in [0.15, 0.2) is 5.03 Å². The molecule has 0 fully saturated rings. The molecule has 2 aromatic rings. The predicted octanol–water partition coefficient (Wildman–Crippen LogP) is 0.950. The van der Waals surface area contributed by atoms with Gasteiger partial charge in [0, 0.05) is 25.7 Å². The molecule has 0 aliphatic carbocycles. The van der Waals surface area contributed by atoms with E-state index in [1.807, 2.05) is 30.3 Å². The molecule has 20 heavy (non-hydrogen) atoms. The van der Waals surface area contributed by atoms with Crippen LogP contribution in [0.4, 0.5) is 0 Å². The van der Waals surface area contributed by atoms with Crippen LogP contribution in [-0.2, 0) is 23.1 Å². The summed E-state index contributed by atoms with van der Waals surface area (Å²) in [5.41, 5.74) is 1.57. The molecule has 2 N–H and O–H groups in total. The first-order valence-electron chi connectivity index (χ1n) is 6.23. The molecule has 1 aromatic carbocycles. The summed E-state index contributed by atoms with van der Waals surface area (Å²) in [7, 11) is -0.249. The molecule has 6 nitrogen and oxygen atoms in total. The predicted molar refractivity (Wildman–Crippen MR) is 76.4 cm³/mol. The fourth-order valence-electron chi connectivity index (χ4n) is 1.92. The van der Waals surface area contributed by atoms with E-state index >= 15 is 0 Å². The highest BCUT2D eigenvalue weighted by Gasteiger charge is 2.25. The van der Waals surface area contributed by atoms with Gasteiger partial charge >= 0.3 is 0 Å². The fraction of sp³-hybridized carbons (Fsp3) is 0.308. The van der Waals surface area contributed by atoms with Gasteiger partial charge in [-0.3, -0.25) is 5.10 Å². The highest BCUT2D eigenvalue weighted by atomic mass is 32.2. The minimum absolute atomic E-state index is 0.144. The van der Waals surface area contributed by atoms with Gasteiger partial charge in [-0.05, 0) is 12.6 Å². The standard InChI is InChI=1S/C13H18N4O2S/c1-14-8-12-9-15-16-13(12)20(18,19)17(2)10-11-6-4-3-5-7-11/h3-7,9,14H,8,10H2,1-2H3,(H,15,16). The lowest BCUT2D eigenvalue weighted by Gasteiger charge is -2.17. The SMILES string of the molecule is CNCc1cn[nH]c1S(=O)(=O)N(C)Cc1ccccc1. The number of rotatable bonds is 6. The van der Waals surface area contributed by atoms with E-state index in [0.717, 1.165) is 5.56 Å². The van der Waals surface area contributed by atoms with Crippen LogP contribution in [0.5, 0.6) is 0 Å². The Kier molecular flexibility index (Phi) is 4.53. The Labute approximate surface area is 118 Å². The van der Waals surface area contributed by atoms with Crippen molar-refractivity contribution in [2.75, 3.05) is 14.1 Å². The molecule has 7 heteroatoms. The first kappa shape index (κ1) is 14.7. The lowest BCUT2D eigenvalue weighted by atomic mass is 10.2. The lowest BCUT2D eigenvalue weighted by Crippen LogP contribution is -2.28. The Morgan fingerprint density at radius 2 is 2.00 bits per heavy atom. The van der Waals surface area contributed by atoms with Crippen molar-refractivity contribution in [2.45, 2.75) is 18.1 Å². The van der Waals surface area contributed by atoms with Crippen molar-refractivity contribution in [3.05, 3.63) is 47.7 Å². The Morgan fingerprint density at radius 3 is 2.65 bits per heavy atom. The highest BCUT2D eigenvalue weighted by Crippen LogP contribution is 2.18. The number of sulfonamides is 1. The van der Waals surface area contributed by atoms with Crippen LogP contribution in [0.1, 0.15) is 11.1 Å². The molecule has 0 radical (unpaired) electrons. The minimum atomic E-state index is -3.57. The molecular formula is C13H18N4O2S. The maximum Gasteiger partial charge on any atom is 0.260 e. The molecule has 0 saturated heterocycles. The van der Waals surface area contributed by atoms with Crippen LogP contribution in [-0.4, -0.2) is 37.0 Å². The number of H-pyrrole nitrogens is 1. The van der Waals surface area contributed by atoms with Crippen LogP contribution in [0.3, 0.4) is 0 Å². The summed E-state index contributed by atoms with van der Waals surface area (Å²) in [6.45, 7) is 0.769. The van der Waals surface area contributed by atoms with Crippen LogP contribution in [0.2, 0.25) is 0 Å². The summed E-state index contributed by atoms with van der Waals surface area (Å²) in [5, 5.41) is 9.48. The van der Waals surface area contributed by atoms with Gasteiger partial charge in [-0.2, -0.15) is 9.40 Å². The Morgan fingerprint density at radius 1 is 1.30 bits per heavy atom. The van der Waals surface area contributed by atoms with Crippen molar-refractivity contribution >= 4 is 10.0 Å². The molecule has 0 saturated carbocycles. The highest BCUT2D eigenvalue weighted by molar-refractivity contribution is 7.89. The number of benzene rings is 1. The summed E-state index contributed by atoms with van der Waals surface area (Å²) in [4.78, 5) is 0. The van der Waals surface area contributed by atoms with E-state index < -0.39 is 10.0 Å². The van der Waals surface area contributed by atoms with Gasteiger partial charge in [0.1, 0.15) is 0 Å². The average molecular weight is 294 g/mol. The molecule has 0 aliphatic rings. The van der Waals surface area contributed by atoms with E-state index in [1.165, 1.54) is 10.5 Å². The molecule has 0 aliphatic heterocycles. The molecule has 0 bridgehead atoms. The van der Waals surface area contributed by atoms with Gasteiger partial charge in [-0.25, -0.2) is 8.42 Å². The van der Waals surface area contributed by atoms with Crippen LogP contribution in [0.25, 0.3) is 0 Å². The zero-order chi connectivity index (χ0) is 14.6. The van der Waals surface area contributed by atoms with Crippen LogP contribution in [0, 0.1) is 0 Å². The van der Waals surface area contributed by atoms with Gasteiger partial charge in [0.2, 0.25) is 0 Å². The molecule has 1 aromatic heterocycles. The summed E-state index contributed by atoms with van der Waals surface area (Å²) < 4.78 is 26.4. The number of aromatic nitrogens is 2. The van der Waals surface area contributed by atoms with Crippen molar-refractivity contribution in [3.8, 4) is 0 Å². The maximum absolute atomic E-state index is 12.5. The largest absolute Gasteiger partial charge is 0.316 e. The third-order valence-corrected chi connectivity index (χ3v) is 4.78. The normalized spacial score (nSPS) is 11.9. The second-order valence-corrected chi connectivity index (χ2v) is 6.48. The van der Waals surface area contributed by atoms with Crippen molar-refractivity contribution in [2.24, 2.45) is 0 Å². The van der Waals surface area contributed by atoms with E-state index in [-0.39, 0.29) is 5.03 Å². The summed E-state index contributed by atoms with van der Waals surface area (Å²) in [5.74, 6) is 0. The quantitative estimate of drug-likeness (QED) is 0.831. The van der Waals surface area contributed by atoms with Gasteiger partial charge in [-0.15, -0.1) is 0 Å². The van der Waals surface area contributed by atoms with E-state index in [1.54, 1.807) is 14.1 Å². The van der Waals surface area contributed by atoms with E-state index in [9.17, 15) is 8.42 Å². The first-order chi connectivity index (χ1) is 9.55. The van der Waals surface area contributed by atoms with Crippen LogP contribution < -0.4 is 5.32 Å². The summed E-state index contributed by atoms with van der Waals surface area (Å²) in [6.07, 6.45) is 1.53. The van der Waals surface area contributed by atoms with Gasteiger partial charge in [-0.1, -0.05) is 30.3 Å². The number of nitrogens with zero attached hydrogens (tertiary/aromatic N) is 2. The van der Waals surface area contributed by atoms with Gasteiger partial charge in [0.25, 0.3) is 10.0 Å². The smallest absolute Gasteiger partial charge is 0.260 e. The third-order valence-electron chi connectivity index (χ3n) is 2.96. The topological polar surface area (TPSA) is 78.1 Å². The lowest BCUT2D eigenvalue weighted by molar-refractivity contribution is 0.462. The van der Waals surface area contributed by atoms with Crippen molar-refractivity contribution in [1.29, 1.82) is 0 Å². The summed E-state index contributed by atoms with van der Waals surface area (Å²) >= 11 is 0. The molecule has 0 unspecified atom stereocenters. The van der Waals surface area contributed by atoms with Crippen LogP contribution >= 0.6 is 0 Å². The van der Waals surface area contributed by atoms with Gasteiger partial charge in [0.05, 0.1) is 6.20 Å². The molecule has 2 rings (SSSR count). The van der Waals surface area contributed by atoms with Crippen molar-refractivity contribution < 1.29 is 8.42 Å². The van der Waals surface area contributed by atoms with E-state index in [0.29, 0.717) is 18.7 Å². The number of hydrogen-bond donors (Lipinski definition) is 2. The number of hydrogen-bond acceptors (Lipinski definition) is 4. The van der Waals surface area contributed by atoms with E-state index in [2.05, 4.69) is 15.5 Å². The Balaban J connectivity index is 2.23. The second-order valence-electron chi connectivity index (χ2n) is 4.50. The van der Waals surface area contributed by atoms with Crippen molar-refractivity contribution in [1.82, 2.24) is 19.8 Å². The molecular weight excluding hydrogens is 276 g/mol. The first-order valence-corrected chi connectivity index (χ1v) is 7.67. The molecule has 0 atom stereocenters. The zero-order valence-corrected chi connectivity index (χ0v) is 12.3. The molecule has 0 amide bonds. The maximum atomic E-state index is 12.5.